The van der Waals surface area contributed by atoms with Gasteiger partial charge in [-0.2, -0.15) is 0 Å². The average Bonchev–Trinajstić information content (AvgIpc) is 2.81. The van der Waals surface area contributed by atoms with Crippen molar-refractivity contribution in [3.05, 3.63) is 53.8 Å². The van der Waals surface area contributed by atoms with Crippen LogP contribution in [-0.2, 0) is 0 Å². The fourth-order valence-electron chi connectivity index (χ4n) is 1.94. The molecule has 3 aromatic rings. The summed E-state index contributed by atoms with van der Waals surface area (Å²) in [5, 5.41) is 26.5. The topological polar surface area (TPSA) is 95.4 Å². The summed E-state index contributed by atoms with van der Waals surface area (Å²) >= 11 is 0. The molecule has 0 unspecified atom stereocenters. The van der Waals surface area contributed by atoms with Crippen LogP contribution in [0.4, 0.5) is 15.8 Å². The molecule has 0 saturated carbocycles. The van der Waals surface area contributed by atoms with Crippen molar-refractivity contribution in [3.63, 3.8) is 0 Å². The van der Waals surface area contributed by atoms with Crippen molar-refractivity contribution >= 4 is 28.3 Å². The van der Waals surface area contributed by atoms with E-state index >= 15 is 0 Å². The lowest BCUT2D eigenvalue weighted by Gasteiger charge is -1.95. The summed E-state index contributed by atoms with van der Waals surface area (Å²) in [6.45, 7) is 0. The average molecular weight is 300 g/mol. The molecular formula is C15H9FN2O4. The van der Waals surface area contributed by atoms with E-state index in [4.69, 9.17) is 9.52 Å². The molecule has 2 N–H and O–H groups in total. The van der Waals surface area contributed by atoms with E-state index < -0.39 is 17.7 Å². The fraction of sp³-hybridized carbons (Fsp3) is 0. The van der Waals surface area contributed by atoms with E-state index in [1.54, 1.807) is 6.07 Å². The first-order valence-corrected chi connectivity index (χ1v) is 6.21. The molecule has 0 aliphatic heterocycles. The molecule has 2 aromatic carbocycles. The predicted octanol–water partition coefficient (Wildman–Crippen LogP) is 4.39. The van der Waals surface area contributed by atoms with Crippen molar-refractivity contribution in [2.75, 3.05) is 0 Å². The van der Waals surface area contributed by atoms with Crippen LogP contribution in [0, 0.1) is 5.82 Å². The van der Waals surface area contributed by atoms with E-state index in [1.807, 2.05) is 0 Å². The largest absolute Gasteiger partial charge is 0.479 e. The van der Waals surface area contributed by atoms with Crippen LogP contribution in [0.5, 0.6) is 5.95 Å². The smallest absolute Gasteiger partial charge is 0.335 e. The molecule has 0 aliphatic rings. The number of azo groups is 1. The lowest BCUT2D eigenvalue weighted by Crippen LogP contribution is -1.94. The molecule has 6 nitrogen and oxygen atoms in total. The minimum absolute atomic E-state index is 0.00867. The second kappa shape index (κ2) is 5.28. The third-order valence-corrected chi connectivity index (χ3v) is 3.00. The van der Waals surface area contributed by atoms with Gasteiger partial charge in [-0.25, -0.2) is 9.18 Å². The Morgan fingerprint density at radius 3 is 2.64 bits per heavy atom. The van der Waals surface area contributed by atoms with Crippen LogP contribution in [0.3, 0.4) is 0 Å². The second-order valence-electron chi connectivity index (χ2n) is 4.42. The molecule has 1 heterocycles. The molecule has 1 aromatic heterocycles. The molecule has 3 rings (SSSR count). The molecule has 110 valence electrons. The van der Waals surface area contributed by atoms with E-state index in [9.17, 15) is 14.3 Å². The monoisotopic (exact) mass is 300 g/mol. The van der Waals surface area contributed by atoms with Crippen LogP contribution in [0.15, 0.2) is 57.1 Å². The maximum Gasteiger partial charge on any atom is 0.335 e. The Morgan fingerprint density at radius 2 is 1.91 bits per heavy atom. The zero-order valence-electron chi connectivity index (χ0n) is 11.0. The SMILES string of the molecule is O=C(O)c1ccc2oc(O)c(N=Nc3ccccc3F)c2c1. The van der Waals surface area contributed by atoms with Gasteiger partial charge in [0.25, 0.3) is 0 Å². The molecule has 0 aliphatic carbocycles. The van der Waals surface area contributed by atoms with Crippen molar-refractivity contribution in [1.82, 2.24) is 0 Å². The number of halogens is 1. The van der Waals surface area contributed by atoms with Crippen molar-refractivity contribution in [3.8, 4) is 5.95 Å². The van der Waals surface area contributed by atoms with Gasteiger partial charge < -0.3 is 14.6 Å². The molecule has 0 saturated heterocycles. The number of nitrogens with zero attached hydrogens (tertiary/aromatic N) is 2. The number of carbonyl (C=O) groups is 1. The van der Waals surface area contributed by atoms with E-state index in [0.717, 1.165) is 0 Å². The van der Waals surface area contributed by atoms with Crippen molar-refractivity contribution in [1.29, 1.82) is 0 Å². The lowest BCUT2D eigenvalue weighted by molar-refractivity contribution is 0.0697. The Morgan fingerprint density at radius 1 is 1.14 bits per heavy atom. The molecule has 0 spiro atoms. The highest BCUT2D eigenvalue weighted by Crippen LogP contribution is 2.39. The Bertz CT molecular complexity index is 902. The summed E-state index contributed by atoms with van der Waals surface area (Å²) in [5.74, 6) is -2.21. The third kappa shape index (κ3) is 2.39. The first-order valence-electron chi connectivity index (χ1n) is 6.21. The van der Waals surface area contributed by atoms with Crippen LogP contribution in [0.1, 0.15) is 10.4 Å². The summed E-state index contributed by atoms with van der Waals surface area (Å²) in [6, 6.07) is 9.79. The van der Waals surface area contributed by atoms with Crippen LogP contribution in [0.2, 0.25) is 0 Å². The highest BCUT2D eigenvalue weighted by Gasteiger charge is 2.15. The first kappa shape index (κ1) is 13.7. The summed E-state index contributed by atoms with van der Waals surface area (Å²) < 4.78 is 18.6. The molecule has 22 heavy (non-hydrogen) atoms. The summed E-state index contributed by atoms with van der Waals surface area (Å²) in [4.78, 5) is 11.0. The number of hydrogen-bond donors (Lipinski definition) is 2. The van der Waals surface area contributed by atoms with Crippen LogP contribution >= 0.6 is 0 Å². The molecule has 0 atom stereocenters. The van der Waals surface area contributed by atoms with E-state index in [1.165, 1.54) is 36.4 Å². The number of hydrogen-bond acceptors (Lipinski definition) is 5. The third-order valence-electron chi connectivity index (χ3n) is 3.00. The van der Waals surface area contributed by atoms with Crippen molar-refractivity contribution in [2.24, 2.45) is 10.2 Å². The molecule has 0 radical (unpaired) electrons. The summed E-state index contributed by atoms with van der Waals surface area (Å²) in [5.41, 5.74) is 0.201. The number of carboxylic acid groups (broad SMARTS) is 1. The van der Waals surface area contributed by atoms with Crippen LogP contribution in [0.25, 0.3) is 11.0 Å². The standard InChI is InChI=1S/C15H9FN2O4/c16-10-3-1-2-4-11(10)17-18-13-9-7-8(14(19)20)5-6-12(9)22-15(13)21/h1-7,21H,(H,19,20). The number of carboxylic acids is 1. The molecular weight excluding hydrogens is 291 g/mol. The Hall–Kier alpha value is -3.22. The molecule has 7 heteroatoms. The number of aromatic hydroxyl groups is 1. The second-order valence-corrected chi connectivity index (χ2v) is 4.42. The van der Waals surface area contributed by atoms with Gasteiger partial charge in [0.05, 0.1) is 10.9 Å². The number of rotatable bonds is 3. The van der Waals surface area contributed by atoms with E-state index in [2.05, 4.69) is 10.2 Å². The quantitative estimate of drug-likeness (QED) is 0.701. The van der Waals surface area contributed by atoms with Gasteiger partial charge in [-0.15, -0.1) is 10.2 Å². The number of fused-ring (bicyclic) bond motifs is 1. The van der Waals surface area contributed by atoms with Crippen molar-refractivity contribution < 1.29 is 23.8 Å². The van der Waals surface area contributed by atoms with Gasteiger partial charge in [-0.05, 0) is 30.3 Å². The van der Waals surface area contributed by atoms with Gasteiger partial charge in [0.2, 0.25) is 0 Å². The first-order chi connectivity index (χ1) is 10.6. The van der Waals surface area contributed by atoms with Crippen molar-refractivity contribution in [2.45, 2.75) is 0 Å². The lowest BCUT2D eigenvalue weighted by atomic mass is 10.1. The normalized spacial score (nSPS) is 11.3. The minimum atomic E-state index is -1.13. The van der Waals surface area contributed by atoms with Gasteiger partial charge in [0.1, 0.15) is 11.3 Å². The number of benzene rings is 2. The van der Waals surface area contributed by atoms with Crippen LogP contribution < -0.4 is 0 Å². The molecule has 0 amide bonds. The van der Waals surface area contributed by atoms with Gasteiger partial charge >= 0.3 is 11.9 Å². The van der Waals surface area contributed by atoms with Gasteiger partial charge in [0, 0.05) is 0 Å². The van der Waals surface area contributed by atoms with E-state index in [-0.39, 0.29) is 27.9 Å². The Kier molecular flexibility index (Phi) is 3.30. The Balaban J connectivity index is 2.10. The number of aromatic carboxylic acids is 1. The maximum absolute atomic E-state index is 13.5. The van der Waals surface area contributed by atoms with Gasteiger partial charge in [-0.1, -0.05) is 12.1 Å². The predicted molar refractivity (Wildman–Crippen MR) is 75.4 cm³/mol. The Labute approximate surface area is 123 Å². The minimum Gasteiger partial charge on any atom is -0.479 e. The fourth-order valence-corrected chi connectivity index (χ4v) is 1.94. The zero-order chi connectivity index (χ0) is 15.7. The summed E-state index contributed by atoms with van der Waals surface area (Å²) in [6.07, 6.45) is 0. The van der Waals surface area contributed by atoms with E-state index in [0.29, 0.717) is 0 Å². The van der Waals surface area contributed by atoms with Gasteiger partial charge in [-0.3, -0.25) is 0 Å². The molecule has 0 bridgehead atoms. The summed E-state index contributed by atoms with van der Waals surface area (Å²) in [7, 11) is 0. The van der Waals surface area contributed by atoms with Gasteiger partial charge in [0.15, 0.2) is 11.5 Å². The zero-order valence-corrected chi connectivity index (χ0v) is 11.0. The highest BCUT2D eigenvalue weighted by molar-refractivity contribution is 5.98. The molecule has 0 fully saturated rings. The number of furan rings is 1. The van der Waals surface area contributed by atoms with Crippen LogP contribution in [-0.4, -0.2) is 16.2 Å². The highest BCUT2D eigenvalue weighted by atomic mass is 19.1. The maximum atomic E-state index is 13.5.